The van der Waals surface area contributed by atoms with Gasteiger partial charge in [0.15, 0.2) is 0 Å². The second-order valence-electron chi connectivity index (χ2n) is 7.13. The van der Waals surface area contributed by atoms with Gasteiger partial charge >= 0.3 is 0 Å². The number of morpholine rings is 1. The molecule has 1 amide bonds. The highest BCUT2D eigenvalue weighted by atomic mass is 16.5. The molecule has 4 heteroatoms. The molecule has 0 aromatic heterocycles. The zero-order valence-corrected chi connectivity index (χ0v) is 13.9. The van der Waals surface area contributed by atoms with Gasteiger partial charge in [0.2, 0.25) is 5.91 Å². The lowest BCUT2D eigenvalue weighted by Gasteiger charge is -2.38. The molecule has 3 atom stereocenters. The molecule has 0 aromatic rings. The summed E-state index contributed by atoms with van der Waals surface area (Å²) in [6.45, 7) is 10.7. The van der Waals surface area contributed by atoms with Crippen molar-refractivity contribution in [3.05, 3.63) is 0 Å². The fraction of sp³-hybridized carbons (Fsp3) is 0.941. The Labute approximate surface area is 129 Å². The summed E-state index contributed by atoms with van der Waals surface area (Å²) in [6.07, 6.45) is 4.56. The molecule has 0 bridgehead atoms. The van der Waals surface area contributed by atoms with Crippen molar-refractivity contribution in [3.8, 4) is 0 Å². The van der Waals surface area contributed by atoms with Crippen molar-refractivity contribution in [2.24, 2.45) is 17.8 Å². The highest BCUT2D eigenvalue weighted by Gasteiger charge is 2.30. The van der Waals surface area contributed by atoms with Gasteiger partial charge in [0.1, 0.15) is 0 Å². The van der Waals surface area contributed by atoms with Crippen molar-refractivity contribution in [1.29, 1.82) is 0 Å². The van der Waals surface area contributed by atoms with E-state index >= 15 is 0 Å². The van der Waals surface area contributed by atoms with Crippen LogP contribution in [0, 0.1) is 17.8 Å². The van der Waals surface area contributed by atoms with E-state index in [1.165, 1.54) is 19.3 Å². The van der Waals surface area contributed by atoms with E-state index in [0.29, 0.717) is 25.7 Å². The number of carbonyl (C=O) groups excluding carboxylic acids is 1. The van der Waals surface area contributed by atoms with Crippen molar-refractivity contribution < 1.29 is 9.53 Å². The minimum Gasteiger partial charge on any atom is -0.378 e. The molecule has 1 aliphatic heterocycles. The van der Waals surface area contributed by atoms with Crippen LogP contribution in [-0.2, 0) is 9.53 Å². The van der Waals surface area contributed by atoms with E-state index in [0.717, 1.165) is 37.4 Å². The molecule has 2 aliphatic rings. The summed E-state index contributed by atoms with van der Waals surface area (Å²) in [5.74, 6) is 2.58. The van der Waals surface area contributed by atoms with Gasteiger partial charge in [-0.3, -0.25) is 4.79 Å². The van der Waals surface area contributed by atoms with E-state index in [2.05, 4.69) is 26.1 Å². The minimum absolute atomic E-state index is 0.274. The van der Waals surface area contributed by atoms with E-state index in [-0.39, 0.29) is 5.91 Å². The van der Waals surface area contributed by atoms with Crippen LogP contribution in [0.25, 0.3) is 0 Å². The van der Waals surface area contributed by atoms with E-state index in [1.807, 2.05) is 4.90 Å². The fourth-order valence-corrected chi connectivity index (χ4v) is 3.77. The van der Waals surface area contributed by atoms with Crippen LogP contribution in [0.3, 0.4) is 0 Å². The summed E-state index contributed by atoms with van der Waals surface area (Å²) >= 11 is 0. The number of carbonyl (C=O) groups is 1. The lowest BCUT2D eigenvalue weighted by molar-refractivity contribution is -0.135. The topological polar surface area (TPSA) is 41.6 Å². The van der Waals surface area contributed by atoms with E-state index in [9.17, 15) is 4.79 Å². The van der Waals surface area contributed by atoms with Crippen LogP contribution in [0.1, 0.15) is 46.5 Å². The third kappa shape index (κ3) is 4.96. The molecular formula is C17H32N2O2. The fourth-order valence-electron chi connectivity index (χ4n) is 3.77. The third-order valence-electron chi connectivity index (χ3n) is 5.13. The highest BCUT2D eigenvalue weighted by Crippen LogP contribution is 2.33. The van der Waals surface area contributed by atoms with Crippen molar-refractivity contribution in [1.82, 2.24) is 10.2 Å². The van der Waals surface area contributed by atoms with Crippen molar-refractivity contribution in [2.45, 2.75) is 52.5 Å². The largest absolute Gasteiger partial charge is 0.378 e. The molecule has 1 heterocycles. The van der Waals surface area contributed by atoms with Crippen LogP contribution in [-0.4, -0.2) is 49.7 Å². The van der Waals surface area contributed by atoms with Crippen LogP contribution in [0.2, 0.25) is 0 Å². The number of hydrogen-bond acceptors (Lipinski definition) is 3. The van der Waals surface area contributed by atoms with Gasteiger partial charge in [0.25, 0.3) is 0 Å². The molecule has 0 spiro atoms. The van der Waals surface area contributed by atoms with Gasteiger partial charge in [0, 0.05) is 32.1 Å². The van der Waals surface area contributed by atoms with Gasteiger partial charge in [-0.05, 0) is 30.6 Å². The van der Waals surface area contributed by atoms with E-state index < -0.39 is 0 Å². The zero-order chi connectivity index (χ0) is 15.2. The Hall–Kier alpha value is -0.610. The monoisotopic (exact) mass is 296 g/mol. The molecule has 3 unspecified atom stereocenters. The number of nitrogens with zero attached hydrogens (tertiary/aromatic N) is 1. The predicted molar refractivity (Wildman–Crippen MR) is 85.1 cm³/mol. The van der Waals surface area contributed by atoms with Gasteiger partial charge in [0.05, 0.1) is 13.2 Å². The molecule has 1 saturated carbocycles. The molecule has 0 aromatic carbocycles. The Morgan fingerprint density at radius 3 is 2.67 bits per heavy atom. The number of rotatable bonds is 5. The van der Waals surface area contributed by atoms with Gasteiger partial charge in [-0.15, -0.1) is 0 Å². The molecule has 1 N–H and O–H groups in total. The highest BCUT2D eigenvalue weighted by molar-refractivity contribution is 5.76. The first kappa shape index (κ1) is 16.8. The summed E-state index contributed by atoms with van der Waals surface area (Å²) in [7, 11) is 0. The summed E-state index contributed by atoms with van der Waals surface area (Å²) in [6, 6.07) is 0.589. The molecule has 21 heavy (non-hydrogen) atoms. The number of hydrogen-bond donors (Lipinski definition) is 1. The summed E-state index contributed by atoms with van der Waals surface area (Å²) in [5, 5.41) is 3.67. The Bertz CT molecular complexity index is 327. The lowest BCUT2D eigenvalue weighted by Crippen LogP contribution is -2.45. The molecule has 2 fully saturated rings. The van der Waals surface area contributed by atoms with Crippen LogP contribution < -0.4 is 5.32 Å². The molecule has 122 valence electrons. The minimum atomic E-state index is 0.274. The normalized spacial score (nSPS) is 30.7. The first-order chi connectivity index (χ1) is 10.1. The Morgan fingerprint density at radius 1 is 1.29 bits per heavy atom. The van der Waals surface area contributed by atoms with Crippen LogP contribution in [0.5, 0.6) is 0 Å². The average Bonchev–Trinajstić information content (AvgIpc) is 2.48. The second kappa shape index (κ2) is 8.14. The molecule has 2 rings (SSSR count). The molecule has 1 aliphatic carbocycles. The Morgan fingerprint density at radius 2 is 2.00 bits per heavy atom. The summed E-state index contributed by atoms with van der Waals surface area (Å²) in [5.41, 5.74) is 0. The summed E-state index contributed by atoms with van der Waals surface area (Å²) in [4.78, 5) is 14.1. The van der Waals surface area contributed by atoms with Crippen LogP contribution in [0.4, 0.5) is 0 Å². The SMILES string of the molecule is CC1CCC(C(C)C)C(NCCC(=O)N2CCOCC2)C1. The van der Waals surface area contributed by atoms with Gasteiger partial charge < -0.3 is 15.0 Å². The molecule has 4 nitrogen and oxygen atoms in total. The molecular weight excluding hydrogens is 264 g/mol. The maximum absolute atomic E-state index is 12.1. The average molecular weight is 296 g/mol. The standard InChI is InChI=1S/C17H32N2O2/c1-13(2)15-5-4-14(3)12-16(15)18-7-6-17(20)19-8-10-21-11-9-19/h13-16,18H,4-12H2,1-3H3. The first-order valence-electron chi connectivity index (χ1n) is 8.67. The quantitative estimate of drug-likeness (QED) is 0.846. The van der Waals surface area contributed by atoms with Gasteiger partial charge in [-0.2, -0.15) is 0 Å². The third-order valence-corrected chi connectivity index (χ3v) is 5.13. The van der Waals surface area contributed by atoms with Crippen LogP contribution in [0.15, 0.2) is 0 Å². The second-order valence-corrected chi connectivity index (χ2v) is 7.13. The smallest absolute Gasteiger partial charge is 0.224 e. The number of nitrogens with one attached hydrogen (secondary N) is 1. The Kier molecular flexibility index (Phi) is 6.49. The van der Waals surface area contributed by atoms with Crippen molar-refractivity contribution in [2.75, 3.05) is 32.8 Å². The van der Waals surface area contributed by atoms with Crippen molar-refractivity contribution in [3.63, 3.8) is 0 Å². The zero-order valence-electron chi connectivity index (χ0n) is 13.9. The summed E-state index contributed by atoms with van der Waals surface area (Å²) < 4.78 is 5.29. The van der Waals surface area contributed by atoms with Gasteiger partial charge in [-0.1, -0.05) is 27.2 Å². The molecule has 1 saturated heterocycles. The lowest BCUT2D eigenvalue weighted by atomic mass is 9.74. The molecule has 0 radical (unpaired) electrons. The maximum Gasteiger partial charge on any atom is 0.224 e. The van der Waals surface area contributed by atoms with Gasteiger partial charge in [-0.25, -0.2) is 0 Å². The number of ether oxygens (including phenoxy) is 1. The first-order valence-corrected chi connectivity index (χ1v) is 8.67. The van der Waals surface area contributed by atoms with E-state index in [4.69, 9.17) is 4.74 Å². The number of amides is 1. The Balaban J connectivity index is 1.73. The van der Waals surface area contributed by atoms with Crippen molar-refractivity contribution >= 4 is 5.91 Å². The van der Waals surface area contributed by atoms with Crippen LogP contribution >= 0.6 is 0 Å². The van der Waals surface area contributed by atoms with E-state index in [1.54, 1.807) is 0 Å². The predicted octanol–water partition coefficient (Wildman–Crippen LogP) is 2.29. The maximum atomic E-state index is 12.1.